The Kier molecular flexibility index (Phi) is 5.16. The topological polar surface area (TPSA) is 38.8 Å². The van der Waals surface area contributed by atoms with E-state index >= 15 is 0 Å². The Morgan fingerprint density at radius 3 is 2.26 bits per heavy atom. The third-order valence-electron chi connectivity index (χ3n) is 3.43. The van der Waals surface area contributed by atoms with Crippen molar-refractivity contribution in [3.8, 4) is 0 Å². The third-order valence-corrected chi connectivity index (χ3v) is 3.43. The summed E-state index contributed by atoms with van der Waals surface area (Å²) in [4.78, 5) is 17.3. The van der Waals surface area contributed by atoms with Crippen LogP contribution in [0.5, 0.6) is 0 Å². The van der Waals surface area contributed by atoms with Crippen molar-refractivity contribution in [1.82, 2.24) is 5.06 Å². The first-order valence-corrected chi connectivity index (χ1v) is 6.99. The molecule has 19 heavy (non-hydrogen) atoms. The zero-order chi connectivity index (χ0) is 14.7. The van der Waals surface area contributed by atoms with Gasteiger partial charge in [-0.3, -0.25) is 4.84 Å². The number of ether oxygens (including phenoxy) is 1. The van der Waals surface area contributed by atoms with Crippen molar-refractivity contribution in [2.45, 2.75) is 71.1 Å². The predicted molar refractivity (Wildman–Crippen MR) is 75.6 cm³/mol. The van der Waals surface area contributed by atoms with Crippen molar-refractivity contribution in [2.24, 2.45) is 0 Å². The summed E-state index contributed by atoms with van der Waals surface area (Å²) in [5.41, 5.74) is -0.327. The number of hydroxylamine groups is 2. The number of rotatable bonds is 5. The van der Waals surface area contributed by atoms with Crippen LogP contribution in [0.3, 0.4) is 0 Å². The number of piperidine rings is 1. The Bertz CT molecular complexity index is 318. The molecule has 0 N–H and O–H groups in total. The number of nitrogens with zero attached hydrogens (tertiary/aromatic N) is 1. The summed E-state index contributed by atoms with van der Waals surface area (Å²) in [6.07, 6.45) is 3.65. The maximum absolute atomic E-state index is 11.4. The van der Waals surface area contributed by atoms with Crippen LogP contribution in [-0.2, 0) is 14.4 Å². The number of hydrogen-bond acceptors (Lipinski definition) is 4. The normalized spacial score (nSPS) is 23.0. The molecule has 0 aromatic carbocycles. The molecule has 1 heterocycles. The van der Waals surface area contributed by atoms with Gasteiger partial charge in [0.1, 0.15) is 6.10 Å². The fraction of sp³-hybridized carbons (Fsp3) is 0.800. The Morgan fingerprint density at radius 1 is 1.32 bits per heavy atom. The van der Waals surface area contributed by atoms with Crippen LogP contribution >= 0.6 is 0 Å². The van der Waals surface area contributed by atoms with Gasteiger partial charge in [0.2, 0.25) is 0 Å². The van der Waals surface area contributed by atoms with E-state index in [2.05, 4.69) is 46.3 Å². The van der Waals surface area contributed by atoms with Gasteiger partial charge in [0.05, 0.1) is 6.61 Å². The van der Waals surface area contributed by atoms with Crippen LogP contribution in [-0.4, -0.2) is 34.8 Å². The van der Waals surface area contributed by atoms with E-state index < -0.39 is 0 Å². The highest BCUT2D eigenvalue weighted by Crippen LogP contribution is 2.39. The molecular formula is C15H27NO3. The lowest BCUT2D eigenvalue weighted by molar-refractivity contribution is -0.292. The van der Waals surface area contributed by atoms with Crippen LogP contribution in [0.1, 0.15) is 53.9 Å². The lowest BCUT2D eigenvalue weighted by Gasteiger charge is -2.53. The molecule has 0 radical (unpaired) electrons. The van der Waals surface area contributed by atoms with Crippen molar-refractivity contribution in [3.05, 3.63) is 12.7 Å². The van der Waals surface area contributed by atoms with Gasteiger partial charge in [-0.05, 0) is 34.1 Å². The zero-order valence-electron chi connectivity index (χ0n) is 12.9. The minimum atomic E-state index is -0.348. The molecule has 1 saturated heterocycles. The summed E-state index contributed by atoms with van der Waals surface area (Å²) in [7, 11) is 0. The molecular weight excluding hydrogens is 242 g/mol. The van der Waals surface area contributed by atoms with E-state index in [1.807, 2.05) is 0 Å². The van der Waals surface area contributed by atoms with E-state index in [1.165, 1.54) is 6.08 Å². The van der Waals surface area contributed by atoms with Crippen molar-refractivity contribution >= 4 is 5.97 Å². The van der Waals surface area contributed by atoms with E-state index in [0.29, 0.717) is 6.61 Å². The van der Waals surface area contributed by atoms with Gasteiger partial charge in [0, 0.05) is 30.0 Å². The summed E-state index contributed by atoms with van der Waals surface area (Å²) in [5, 5.41) is 2.07. The molecule has 1 rings (SSSR count). The molecule has 1 aliphatic heterocycles. The van der Waals surface area contributed by atoms with Crippen molar-refractivity contribution < 1.29 is 14.4 Å². The summed E-state index contributed by atoms with van der Waals surface area (Å²) in [6, 6.07) is 0. The van der Waals surface area contributed by atoms with Crippen LogP contribution in [0, 0.1) is 0 Å². The smallest absolute Gasteiger partial charge is 0.330 e. The van der Waals surface area contributed by atoms with Gasteiger partial charge in [-0.15, -0.1) is 0 Å². The van der Waals surface area contributed by atoms with Crippen molar-refractivity contribution in [2.75, 3.05) is 6.61 Å². The quantitative estimate of drug-likeness (QED) is 0.568. The van der Waals surface area contributed by atoms with Crippen molar-refractivity contribution in [3.63, 3.8) is 0 Å². The van der Waals surface area contributed by atoms with Crippen LogP contribution < -0.4 is 0 Å². The molecule has 0 aromatic heterocycles. The number of esters is 1. The van der Waals surface area contributed by atoms with E-state index in [0.717, 1.165) is 19.3 Å². The first kappa shape index (κ1) is 16.2. The van der Waals surface area contributed by atoms with Gasteiger partial charge < -0.3 is 4.74 Å². The van der Waals surface area contributed by atoms with E-state index in [-0.39, 0.29) is 23.2 Å². The average molecular weight is 269 g/mol. The molecule has 0 saturated carbocycles. The molecule has 1 aliphatic rings. The summed E-state index contributed by atoms with van der Waals surface area (Å²) < 4.78 is 5.43. The van der Waals surface area contributed by atoms with Gasteiger partial charge >= 0.3 is 5.97 Å². The Hall–Kier alpha value is -0.870. The Labute approximate surface area is 116 Å². The third kappa shape index (κ3) is 4.05. The lowest BCUT2D eigenvalue weighted by atomic mass is 9.80. The molecule has 0 aromatic rings. The number of hydrogen-bond donors (Lipinski definition) is 0. The van der Waals surface area contributed by atoms with Crippen LogP contribution in [0.4, 0.5) is 0 Å². The highest BCUT2D eigenvalue weighted by Gasteiger charge is 2.47. The molecule has 0 unspecified atom stereocenters. The molecule has 4 heteroatoms. The first-order valence-electron chi connectivity index (χ1n) is 6.99. The molecule has 110 valence electrons. The maximum Gasteiger partial charge on any atom is 0.330 e. The molecule has 0 aliphatic carbocycles. The Morgan fingerprint density at radius 2 is 1.84 bits per heavy atom. The molecule has 1 fully saturated rings. The SMILES string of the molecule is C=CC(=O)OC1CC(C)(C)N(OCCC)C(C)(C)C1. The minimum Gasteiger partial charge on any atom is -0.459 e. The van der Waals surface area contributed by atoms with Crippen LogP contribution in [0.25, 0.3) is 0 Å². The van der Waals surface area contributed by atoms with Gasteiger partial charge in [0.25, 0.3) is 0 Å². The predicted octanol–water partition coefficient (Wildman–Crippen LogP) is 3.08. The summed E-state index contributed by atoms with van der Waals surface area (Å²) in [6.45, 7) is 14.7. The highest BCUT2D eigenvalue weighted by molar-refractivity contribution is 5.81. The van der Waals surface area contributed by atoms with Gasteiger partial charge in [-0.1, -0.05) is 13.5 Å². The van der Waals surface area contributed by atoms with Gasteiger partial charge in [-0.2, -0.15) is 5.06 Å². The van der Waals surface area contributed by atoms with Crippen molar-refractivity contribution in [1.29, 1.82) is 0 Å². The van der Waals surface area contributed by atoms with Gasteiger partial charge in [0.15, 0.2) is 0 Å². The second-order valence-electron chi connectivity index (χ2n) is 6.42. The largest absolute Gasteiger partial charge is 0.459 e. The molecule has 0 amide bonds. The van der Waals surface area contributed by atoms with Crippen LogP contribution in [0.2, 0.25) is 0 Å². The average Bonchev–Trinajstić information content (AvgIpc) is 2.25. The summed E-state index contributed by atoms with van der Waals surface area (Å²) >= 11 is 0. The lowest BCUT2D eigenvalue weighted by Crippen LogP contribution is -2.62. The molecule has 0 spiro atoms. The summed E-state index contributed by atoms with van der Waals surface area (Å²) in [5.74, 6) is -0.348. The number of carbonyl (C=O) groups excluding carboxylic acids is 1. The fourth-order valence-electron chi connectivity index (χ4n) is 3.00. The maximum atomic E-state index is 11.4. The fourth-order valence-corrected chi connectivity index (χ4v) is 3.00. The zero-order valence-corrected chi connectivity index (χ0v) is 12.9. The minimum absolute atomic E-state index is 0.0861. The highest BCUT2D eigenvalue weighted by atomic mass is 16.7. The van der Waals surface area contributed by atoms with E-state index in [1.54, 1.807) is 0 Å². The van der Waals surface area contributed by atoms with Gasteiger partial charge in [-0.25, -0.2) is 4.79 Å². The second-order valence-corrected chi connectivity index (χ2v) is 6.42. The standard InChI is InChI=1S/C15H27NO3/c1-7-9-18-16-14(3,4)10-12(11-15(16,5)6)19-13(17)8-2/h8,12H,2,7,9-11H2,1,3-6H3. The Balaban J connectivity index is 2.80. The second kappa shape index (κ2) is 6.06. The number of carbonyl (C=O) groups is 1. The van der Waals surface area contributed by atoms with E-state index in [4.69, 9.17) is 9.57 Å². The monoisotopic (exact) mass is 269 g/mol. The molecule has 0 bridgehead atoms. The molecule has 0 atom stereocenters. The first-order chi connectivity index (χ1) is 8.73. The molecule has 4 nitrogen and oxygen atoms in total. The van der Waals surface area contributed by atoms with E-state index in [9.17, 15) is 4.79 Å². The van der Waals surface area contributed by atoms with Crippen LogP contribution in [0.15, 0.2) is 12.7 Å².